The third-order valence-electron chi connectivity index (χ3n) is 2.78. The van der Waals surface area contributed by atoms with Gasteiger partial charge >= 0.3 is 5.97 Å². The number of imidazole rings is 1. The van der Waals surface area contributed by atoms with Crippen molar-refractivity contribution in [1.82, 2.24) is 9.38 Å². The largest absolute Gasteiger partial charge is 0.477 e. The average molecular weight is 258 g/mol. The van der Waals surface area contributed by atoms with E-state index in [2.05, 4.69) is 4.98 Å². The van der Waals surface area contributed by atoms with Crippen molar-refractivity contribution >= 4 is 22.3 Å². The first kappa shape index (κ1) is 11.0. The highest BCUT2D eigenvalue weighted by atomic mass is 32.1. The number of carboxylic acid groups (broad SMARTS) is 1. The Kier molecular flexibility index (Phi) is 2.41. The summed E-state index contributed by atoms with van der Waals surface area (Å²) in [5.41, 5.74) is 2.54. The molecule has 0 bridgehead atoms. The lowest BCUT2D eigenvalue weighted by Crippen LogP contribution is -1.98. The molecular formula is C13H10N2O2S. The van der Waals surface area contributed by atoms with Crippen LogP contribution in [-0.4, -0.2) is 20.5 Å². The zero-order chi connectivity index (χ0) is 12.7. The number of aromatic carboxylic acids is 1. The standard InChI is InChI=1S/C13H10N2O2S/c1-8-7-14-13-15(8)10(11(18-13)12(16)17)9-5-3-2-4-6-9/h2-7H,1H3,(H,16,17). The fourth-order valence-electron chi connectivity index (χ4n) is 2.00. The summed E-state index contributed by atoms with van der Waals surface area (Å²) in [5, 5.41) is 9.31. The molecule has 2 heterocycles. The number of aryl methyl sites for hydroxylation is 1. The fraction of sp³-hybridized carbons (Fsp3) is 0.0769. The molecule has 0 amide bonds. The van der Waals surface area contributed by atoms with Crippen LogP contribution in [0.3, 0.4) is 0 Å². The van der Waals surface area contributed by atoms with Gasteiger partial charge in [-0.1, -0.05) is 41.7 Å². The Labute approximate surface area is 107 Å². The van der Waals surface area contributed by atoms with E-state index in [1.54, 1.807) is 6.20 Å². The lowest BCUT2D eigenvalue weighted by atomic mass is 10.1. The third-order valence-corrected chi connectivity index (χ3v) is 3.82. The third kappa shape index (κ3) is 1.52. The monoisotopic (exact) mass is 258 g/mol. The maximum Gasteiger partial charge on any atom is 0.348 e. The number of carbonyl (C=O) groups is 1. The summed E-state index contributed by atoms with van der Waals surface area (Å²) in [6.45, 7) is 1.92. The molecule has 0 unspecified atom stereocenters. The van der Waals surface area contributed by atoms with Gasteiger partial charge in [0.2, 0.25) is 0 Å². The van der Waals surface area contributed by atoms with Crippen LogP contribution in [0.25, 0.3) is 16.2 Å². The van der Waals surface area contributed by atoms with Gasteiger partial charge in [0.05, 0.1) is 5.69 Å². The molecule has 0 saturated heterocycles. The molecule has 0 saturated carbocycles. The molecule has 0 fully saturated rings. The normalized spacial score (nSPS) is 10.9. The maximum atomic E-state index is 11.3. The number of fused-ring (bicyclic) bond motifs is 1. The maximum absolute atomic E-state index is 11.3. The van der Waals surface area contributed by atoms with Crippen molar-refractivity contribution in [2.24, 2.45) is 0 Å². The minimum Gasteiger partial charge on any atom is -0.477 e. The molecule has 0 aliphatic rings. The highest BCUT2D eigenvalue weighted by Crippen LogP contribution is 2.32. The van der Waals surface area contributed by atoms with E-state index in [-0.39, 0.29) is 0 Å². The SMILES string of the molecule is Cc1cnc2sc(C(=O)O)c(-c3ccccc3)n12. The van der Waals surface area contributed by atoms with Gasteiger partial charge in [-0.3, -0.25) is 4.40 Å². The first-order chi connectivity index (χ1) is 8.68. The molecule has 0 aliphatic carbocycles. The Hall–Kier alpha value is -2.14. The van der Waals surface area contributed by atoms with Crippen LogP contribution in [0.1, 0.15) is 15.4 Å². The van der Waals surface area contributed by atoms with Gasteiger partial charge in [-0.25, -0.2) is 9.78 Å². The van der Waals surface area contributed by atoms with Gasteiger partial charge in [0.15, 0.2) is 4.96 Å². The second-order valence-electron chi connectivity index (χ2n) is 3.97. The van der Waals surface area contributed by atoms with E-state index < -0.39 is 5.97 Å². The van der Waals surface area contributed by atoms with Crippen LogP contribution in [0.2, 0.25) is 0 Å². The van der Waals surface area contributed by atoms with Gasteiger partial charge in [-0.15, -0.1) is 0 Å². The van der Waals surface area contributed by atoms with Crippen LogP contribution in [0.5, 0.6) is 0 Å². The molecule has 5 heteroatoms. The van der Waals surface area contributed by atoms with Crippen LogP contribution >= 0.6 is 11.3 Å². The minimum absolute atomic E-state index is 0.326. The summed E-state index contributed by atoms with van der Waals surface area (Å²) >= 11 is 1.20. The highest BCUT2D eigenvalue weighted by molar-refractivity contribution is 7.19. The Balaban J connectivity index is 2.40. The summed E-state index contributed by atoms with van der Waals surface area (Å²) < 4.78 is 1.89. The fourth-order valence-corrected chi connectivity index (χ4v) is 3.01. The molecule has 2 aromatic heterocycles. The minimum atomic E-state index is -0.913. The summed E-state index contributed by atoms with van der Waals surface area (Å²) in [4.78, 5) is 16.6. The van der Waals surface area contributed by atoms with E-state index in [1.165, 1.54) is 11.3 Å². The predicted molar refractivity (Wildman–Crippen MR) is 70.2 cm³/mol. The second kappa shape index (κ2) is 3.96. The van der Waals surface area contributed by atoms with Crippen LogP contribution in [0.15, 0.2) is 36.5 Å². The second-order valence-corrected chi connectivity index (χ2v) is 4.95. The van der Waals surface area contributed by atoms with Crippen molar-refractivity contribution in [3.05, 3.63) is 47.1 Å². The summed E-state index contributed by atoms with van der Waals surface area (Å²) in [7, 11) is 0. The van der Waals surface area contributed by atoms with E-state index in [9.17, 15) is 9.90 Å². The highest BCUT2D eigenvalue weighted by Gasteiger charge is 2.20. The van der Waals surface area contributed by atoms with Crippen molar-refractivity contribution < 1.29 is 9.90 Å². The predicted octanol–water partition coefficient (Wildman–Crippen LogP) is 3.07. The summed E-state index contributed by atoms with van der Waals surface area (Å²) in [5.74, 6) is -0.913. The van der Waals surface area contributed by atoms with E-state index in [0.29, 0.717) is 15.5 Å². The smallest absolute Gasteiger partial charge is 0.348 e. The van der Waals surface area contributed by atoms with Crippen molar-refractivity contribution in [3.8, 4) is 11.3 Å². The molecule has 3 aromatic rings. The van der Waals surface area contributed by atoms with Gasteiger partial charge in [0, 0.05) is 17.5 Å². The first-order valence-corrected chi connectivity index (χ1v) is 6.25. The van der Waals surface area contributed by atoms with Crippen molar-refractivity contribution in [3.63, 3.8) is 0 Å². The van der Waals surface area contributed by atoms with Crippen LogP contribution in [-0.2, 0) is 0 Å². The molecule has 0 radical (unpaired) electrons. The molecule has 90 valence electrons. The van der Waals surface area contributed by atoms with E-state index >= 15 is 0 Å². The Morgan fingerprint density at radius 1 is 1.33 bits per heavy atom. The number of rotatable bonds is 2. The topological polar surface area (TPSA) is 54.6 Å². The molecule has 0 aliphatic heterocycles. The number of hydrogen-bond acceptors (Lipinski definition) is 3. The van der Waals surface area contributed by atoms with E-state index in [4.69, 9.17) is 0 Å². The molecule has 4 nitrogen and oxygen atoms in total. The molecule has 0 atom stereocenters. The molecule has 1 aromatic carbocycles. The van der Waals surface area contributed by atoms with E-state index in [0.717, 1.165) is 11.3 Å². The number of nitrogens with zero attached hydrogens (tertiary/aromatic N) is 2. The quantitative estimate of drug-likeness (QED) is 0.768. The van der Waals surface area contributed by atoms with Crippen molar-refractivity contribution in [2.45, 2.75) is 6.92 Å². The number of carboxylic acids is 1. The van der Waals surface area contributed by atoms with Gasteiger partial charge in [-0.2, -0.15) is 0 Å². The first-order valence-electron chi connectivity index (χ1n) is 5.44. The van der Waals surface area contributed by atoms with Crippen molar-refractivity contribution in [1.29, 1.82) is 0 Å². The number of aromatic nitrogens is 2. The lowest BCUT2D eigenvalue weighted by molar-refractivity contribution is 0.0702. The molecule has 0 spiro atoms. The number of hydrogen-bond donors (Lipinski definition) is 1. The van der Waals surface area contributed by atoms with Gasteiger partial charge in [0.25, 0.3) is 0 Å². The molecule has 18 heavy (non-hydrogen) atoms. The zero-order valence-electron chi connectivity index (χ0n) is 9.62. The van der Waals surface area contributed by atoms with Crippen LogP contribution in [0, 0.1) is 6.92 Å². The number of thiazole rings is 1. The van der Waals surface area contributed by atoms with Crippen molar-refractivity contribution in [2.75, 3.05) is 0 Å². The zero-order valence-corrected chi connectivity index (χ0v) is 10.4. The lowest BCUT2D eigenvalue weighted by Gasteiger charge is -2.03. The molecule has 3 rings (SSSR count). The Morgan fingerprint density at radius 3 is 2.72 bits per heavy atom. The van der Waals surface area contributed by atoms with E-state index in [1.807, 2.05) is 41.7 Å². The van der Waals surface area contributed by atoms with Crippen LogP contribution in [0.4, 0.5) is 0 Å². The average Bonchev–Trinajstić information content (AvgIpc) is 2.91. The van der Waals surface area contributed by atoms with Gasteiger partial charge < -0.3 is 5.11 Å². The Bertz CT molecular complexity index is 728. The summed E-state index contributed by atoms with van der Waals surface area (Å²) in [6.07, 6.45) is 1.75. The van der Waals surface area contributed by atoms with Gasteiger partial charge in [0.1, 0.15) is 4.88 Å². The van der Waals surface area contributed by atoms with Gasteiger partial charge in [-0.05, 0) is 6.92 Å². The van der Waals surface area contributed by atoms with Crippen LogP contribution < -0.4 is 0 Å². The molecular weight excluding hydrogens is 248 g/mol. The Morgan fingerprint density at radius 2 is 2.06 bits per heavy atom. The molecule has 1 N–H and O–H groups in total. The number of benzene rings is 1. The summed E-state index contributed by atoms with van der Waals surface area (Å²) in [6, 6.07) is 9.53.